The number of aromatic nitrogens is 2. The van der Waals surface area contributed by atoms with Crippen molar-refractivity contribution in [2.24, 2.45) is 0 Å². The predicted molar refractivity (Wildman–Crippen MR) is 208 cm³/mol. The number of rotatable bonds is 3. The molecule has 10 aromatic rings. The second kappa shape index (κ2) is 10.1. The van der Waals surface area contributed by atoms with Crippen LogP contribution in [0.4, 0.5) is 17.1 Å². The van der Waals surface area contributed by atoms with Crippen molar-refractivity contribution in [3.8, 4) is 28.2 Å². The molecule has 8 aromatic carbocycles. The number of benzene rings is 8. The van der Waals surface area contributed by atoms with E-state index in [2.05, 4.69) is 173 Å². The first-order chi connectivity index (χ1) is 24.3. The molecular formula is C45H27N3S. The highest BCUT2D eigenvalue weighted by Gasteiger charge is 2.30. The van der Waals surface area contributed by atoms with Gasteiger partial charge in [-0.15, -0.1) is 11.3 Å². The number of hydrogen-bond donors (Lipinski definition) is 0. The fourth-order valence-corrected chi connectivity index (χ4v) is 9.23. The SMILES string of the molecule is c1ccc(N2c3ccccc3-n3c(-c4c5ccccc5c(-c5ccc6c(c5)sc5ccccc56)c5ccccc45)nc4cccc2c43)cc1. The molecule has 3 heterocycles. The van der Waals surface area contributed by atoms with Crippen LogP contribution >= 0.6 is 11.3 Å². The van der Waals surface area contributed by atoms with Crippen molar-refractivity contribution < 1.29 is 0 Å². The molecule has 0 N–H and O–H groups in total. The van der Waals surface area contributed by atoms with E-state index in [4.69, 9.17) is 4.98 Å². The zero-order valence-corrected chi connectivity index (χ0v) is 27.2. The van der Waals surface area contributed by atoms with E-state index in [1.165, 1.54) is 52.8 Å². The van der Waals surface area contributed by atoms with Gasteiger partial charge in [0.15, 0.2) is 0 Å². The summed E-state index contributed by atoms with van der Waals surface area (Å²) in [7, 11) is 0. The topological polar surface area (TPSA) is 21.1 Å². The molecule has 11 rings (SSSR count). The average molecular weight is 642 g/mol. The summed E-state index contributed by atoms with van der Waals surface area (Å²) >= 11 is 1.87. The van der Waals surface area contributed by atoms with Gasteiger partial charge in [-0.2, -0.15) is 0 Å². The van der Waals surface area contributed by atoms with Crippen molar-refractivity contribution in [1.29, 1.82) is 0 Å². The van der Waals surface area contributed by atoms with Gasteiger partial charge in [0.2, 0.25) is 0 Å². The summed E-state index contributed by atoms with van der Waals surface area (Å²) in [5.74, 6) is 0.960. The Kier molecular flexibility index (Phi) is 5.54. The molecule has 1 aliphatic heterocycles. The highest BCUT2D eigenvalue weighted by Crippen LogP contribution is 2.51. The number of imidazole rings is 1. The van der Waals surface area contributed by atoms with Gasteiger partial charge in [-0.1, -0.05) is 115 Å². The Balaban J connectivity index is 1.24. The summed E-state index contributed by atoms with van der Waals surface area (Å²) in [6.45, 7) is 0. The lowest BCUT2D eigenvalue weighted by Gasteiger charge is -2.33. The molecule has 0 fully saturated rings. The number of thiophene rings is 1. The summed E-state index contributed by atoms with van der Waals surface area (Å²) in [6, 6.07) is 59.3. The lowest BCUT2D eigenvalue weighted by atomic mass is 9.88. The Labute approximate surface area is 286 Å². The molecule has 0 radical (unpaired) electrons. The summed E-state index contributed by atoms with van der Waals surface area (Å²) in [5.41, 5.74) is 10.3. The molecule has 228 valence electrons. The maximum atomic E-state index is 5.49. The first-order valence-electron chi connectivity index (χ1n) is 16.6. The van der Waals surface area contributed by atoms with E-state index in [-0.39, 0.29) is 0 Å². The van der Waals surface area contributed by atoms with Gasteiger partial charge < -0.3 is 4.90 Å². The van der Waals surface area contributed by atoms with Crippen LogP contribution in [0, 0.1) is 0 Å². The molecular weight excluding hydrogens is 615 g/mol. The molecule has 0 aliphatic carbocycles. The quantitative estimate of drug-likeness (QED) is 0.179. The summed E-state index contributed by atoms with van der Waals surface area (Å²) in [4.78, 5) is 7.86. The minimum Gasteiger partial charge on any atom is -0.306 e. The van der Waals surface area contributed by atoms with E-state index in [0.717, 1.165) is 45.2 Å². The van der Waals surface area contributed by atoms with Gasteiger partial charge in [0.25, 0.3) is 0 Å². The second-order valence-electron chi connectivity index (χ2n) is 12.7. The Morgan fingerprint density at radius 3 is 1.78 bits per heavy atom. The fraction of sp³-hybridized carbons (Fsp3) is 0. The van der Waals surface area contributed by atoms with E-state index < -0.39 is 0 Å². The third kappa shape index (κ3) is 3.75. The van der Waals surface area contributed by atoms with Crippen molar-refractivity contribution in [3.63, 3.8) is 0 Å². The molecule has 0 amide bonds. The molecule has 0 saturated heterocycles. The van der Waals surface area contributed by atoms with Crippen molar-refractivity contribution in [2.45, 2.75) is 0 Å². The molecule has 0 saturated carbocycles. The predicted octanol–water partition coefficient (Wildman–Crippen LogP) is 12.8. The van der Waals surface area contributed by atoms with Gasteiger partial charge in [0.1, 0.15) is 5.82 Å². The normalized spacial score (nSPS) is 12.4. The number of anilines is 3. The highest BCUT2D eigenvalue weighted by atomic mass is 32.1. The van der Waals surface area contributed by atoms with Gasteiger partial charge in [-0.3, -0.25) is 4.57 Å². The van der Waals surface area contributed by atoms with Crippen LogP contribution < -0.4 is 4.90 Å². The number of nitrogens with zero attached hydrogens (tertiary/aromatic N) is 3. The van der Waals surface area contributed by atoms with E-state index in [9.17, 15) is 0 Å². The van der Waals surface area contributed by atoms with Crippen LogP contribution in [-0.2, 0) is 0 Å². The Bertz CT molecular complexity index is 2900. The lowest BCUT2D eigenvalue weighted by Crippen LogP contribution is -2.18. The highest BCUT2D eigenvalue weighted by molar-refractivity contribution is 7.25. The zero-order chi connectivity index (χ0) is 32.1. The van der Waals surface area contributed by atoms with E-state index in [0.29, 0.717) is 0 Å². The Morgan fingerprint density at radius 2 is 1.02 bits per heavy atom. The Hall–Kier alpha value is -6.23. The molecule has 2 aromatic heterocycles. The standard InChI is InChI=1S/C45H27N3S/c1-2-13-29(14-3-1)47-37-21-9-10-22-38(37)48-44-36(20-12-23-39(44)47)46-45(48)43-34-18-6-4-16-32(34)42(33-17-5-7-19-35(33)43)28-25-26-31-30-15-8-11-24-40(30)49-41(31)27-28/h1-27H. The molecule has 0 bridgehead atoms. The zero-order valence-electron chi connectivity index (χ0n) is 26.3. The van der Waals surface area contributed by atoms with Crippen molar-refractivity contribution in [3.05, 3.63) is 164 Å². The first-order valence-corrected chi connectivity index (χ1v) is 17.5. The van der Waals surface area contributed by atoms with Crippen LogP contribution in [0.1, 0.15) is 0 Å². The van der Waals surface area contributed by atoms with Crippen LogP contribution in [0.25, 0.3) is 81.0 Å². The van der Waals surface area contributed by atoms with Crippen LogP contribution in [0.5, 0.6) is 0 Å². The fourth-order valence-electron chi connectivity index (χ4n) is 8.08. The van der Waals surface area contributed by atoms with Gasteiger partial charge >= 0.3 is 0 Å². The van der Waals surface area contributed by atoms with Gasteiger partial charge in [0.05, 0.1) is 28.1 Å². The number of para-hydroxylation sites is 4. The third-order valence-electron chi connectivity index (χ3n) is 10.1. The monoisotopic (exact) mass is 641 g/mol. The van der Waals surface area contributed by atoms with E-state index in [1.54, 1.807) is 0 Å². The van der Waals surface area contributed by atoms with Crippen LogP contribution in [0.3, 0.4) is 0 Å². The van der Waals surface area contributed by atoms with Gasteiger partial charge in [-0.05, 0) is 81.2 Å². The average Bonchev–Trinajstić information content (AvgIpc) is 3.73. The number of fused-ring (bicyclic) bond motifs is 7. The maximum Gasteiger partial charge on any atom is 0.147 e. The summed E-state index contributed by atoms with van der Waals surface area (Å²) < 4.78 is 5.04. The van der Waals surface area contributed by atoms with Crippen molar-refractivity contribution in [2.75, 3.05) is 4.90 Å². The smallest absolute Gasteiger partial charge is 0.147 e. The summed E-state index contributed by atoms with van der Waals surface area (Å²) in [6.07, 6.45) is 0. The summed E-state index contributed by atoms with van der Waals surface area (Å²) in [5, 5.41) is 7.49. The molecule has 4 heteroatoms. The minimum atomic E-state index is 0.960. The maximum absolute atomic E-state index is 5.49. The molecule has 49 heavy (non-hydrogen) atoms. The molecule has 0 atom stereocenters. The largest absolute Gasteiger partial charge is 0.306 e. The third-order valence-corrected chi connectivity index (χ3v) is 11.2. The Morgan fingerprint density at radius 1 is 0.429 bits per heavy atom. The van der Waals surface area contributed by atoms with E-state index in [1.807, 2.05) is 11.3 Å². The number of hydrogen-bond acceptors (Lipinski definition) is 3. The van der Waals surface area contributed by atoms with Crippen molar-refractivity contribution in [1.82, 2.24) is 9.55 Å². The molecule has 3 nitrogen and oxygen atoms in total. The van der Waals surface area contributed by atoms with Crippen LogP contribution in [0.2, 0.25) is 0 Å². The van der Waals surface area contributed by atoms with Crippen LogP contribution in [-0.4, -0.2) is 9.55 Å². The van der Waals surface area contributed by atoms with E-state index >= 15 is 0 Å². The van der Waals surface area contributed by atoms with Gasteiger partial charge in [0, 0.05) is 31.4 Å². The molecule has 0 spiro atoms. The van der Waals surface area contributed by atoms with Gasteiger partial charge in [-0.25, -0.2) is 4.98 Å². The molecule has 0 unspecified atom stereocenters. The van der Waals surface area contributed by atoms with Crippen molar-refractivity contribution >= 4 is 81.1 Å². The lowest BCUT2D eigenvalue weighted by molar-refractivity contribution is 1.07. The minimum absolute atomic E-state index is 0.960. The van der Waals surface area contributed by atoms with Crippen LogP contribution in [0.15, 0.2) is 164 Å². The first kappa shape index (κ1) is 26.8. The second-order valence-corrected chi connectivity index (χ2v) is 13.8. The molecule has 1 aliphatic rings.